The highest BCUT2D eigenvalue weighted by Crippen LogP contribution is 2.13. The highest BCUT2D eigenvalue weighted by molar-refractivity contribution is 7.92. The largest absolute Gasteiger partial charge is 0.356 e. The van der Waals surface area contributed by atoms with Gasteiger partial charge in [0.1, 0.15) is 5.82 Å². The molecule has 1 amide bonds. The summed E-state index contributed by atoms with van der Waals surface area (Å²) in [5, 5.41) is 3.33. The quantitative estimate of drug-likeness (QED) is 0.716. The van der Waals surface area contributed by atoms with E-state index in [4.69, 9.17) is 11.6 Å². The Balaban J connectivity index is 1.83. The zero-order valence-corrected chi connectivity index (χ0v) is 15.8. The van der Waals surface area contributed by atoms with Crippen molar-refractivity contribution in [3.8, 4) is 0 Å². The molecule has 26 heavy (non-hydrogen) atoms. The first-order chi connectivity index (χ1) is 12.2. The first kappa shape index (κ1) is 20.2. The monoisotopic (exact) mass is 398 g/mol. The van der Waals surface area contributed by atoms with Crippen molar-refractivity contribution in [2.24, 2.45) is 5.92 Å². The fraction of sp³-hybridized carbons (Fsp3) is 0.278. The van der Waals surface area contributed by atoms with Gasteiger partial charge in [-0.3, -0.25) is 9.52 Å². The van der Waals surface area contributed by atoms with Crippen molar-refractivity contribution in [2.45, 2.75) is 13.3 Å². The number of halogens is 2. The first-order valence-corrected chi connectivity index (χ1v) is 10.1. The van der Waals surface area contributed by atoms with Gasteiger partial charge in [0.05, 0.1) is 17.4 Å². The minimum Gasteiger partial charge on any atom is -0.356 e. The molecule has 0 fully saturated rings. The molecule has 0 saturated heterocycles. The highest BCUT2D eigenvalue weighted by atomic mass is 35.5. The summed E-state index contributed by atoms with van der Waals surface area (Å²) in [6.07, 6.45) is 0.591. The molecule has 0 bridgehead atoms. The van der Waals surface area contributed by atoms with Crippen LogP contribution < -0.4 is 10.0 Å². The topological polar surface area (TPSA) is 75.3 Å². The molecule has 0 radical (unpaired) electrons. The molecular weight excluding hydrogens is 379 g/mol. The second-order valence-electron chi connectivity index (χ2n) is 5.97. The van der Waals surface area contributed by atoms with E-state index >= 15 is 0 Å². The van der Waals surface area contributed by atoms with Gasteiger partial charge in [-0.05, 0) is 42.3 Å². The molecule has 0 aromatic heterocycles. The van der Waals surface area contributed by atoms with Crippen molar-refractivity contribution in [1.82, 2.24) is 5.32 Å². The van der Waals surface area contributed by atoms with Gasteiger partial charge in [0.15, 0.2) is 0 Å². The van der Waals surface area contributed by atoms with Gasteiger partial charge < -0.3 is 5.32 Å². The Labute approximate surface area is 157 Å². The van der Waals surface area contributed by atoms with Crippen LogP contribution in [0.5, 0.6) is 0 Å². The van der Waals surface area contributed by atoms with Crippen molar-refractivity contribution in [3.05, 3.63) is 64.9 Å². The summed E-state index contributed by atoms with van der Waals surface area (Å²) in [4.78, 5) is 12.1. The molecule has 0 heterocycles. The fourth-order valence-corrected chi connectivity index (χ4v) is 3.97. The van der Waals surface area contributed by atoms with E-state index in [2.05, 4.69) is 10.0 Å². The number of nitrogens with one attached hydrogen (secondary N) is 2. The smallest absolute Gasteiger partial charge is 0.233 e. The molecule has 2 aromatic rings. The standard InChI is InChI=1S/C18H20ClFN2O3S/c1-13(12-26(24,25)22-17-7-3-6-16(20)11-17)18(23)21-9-8-14-4-2-5-15(19)10-14/h2-7,10-11,13,22H,8-9,12H2,1H3,(H,21,23). The molecule has 8 heteroatoms. The number of amides is 1. The fourth-order valence-electron chi connectivity index (χ4n) is 2.37. The van der Waals surface area contributed by atoms with Gasteiger partial charge in [0.25, 0.3) is 0 Å². The summed E-state index contributed by atoms with van der Waals surface area (Å²) in [5.74, 6) is -2.05. The van der Waals surface area contributed by atoms with Crippen LogP contribution in [0.3, 0.4) is 0 Å². The molecule has 2 rings (SSSR count). The molecular formula is C18H20ClFN2O3S. The molecule has 0 aliphatic heterocycles. The normalized spacial score (nSPS) is 12.4. The van der Waals surface area contributed by atoms with Crippen molar-refractivity contribution >= 4 is 33.2 Å². The Kier molecular flexibility index (Phi) is 6.99. The van der Waals surface area contributed by atoms with Crippen molar-refractivity contribution < 1.29 is 17.6 Å². The SMILES string of the molecule is CC(CS(=O)(=O)Nc1cccc(F)c1)C(=O)NCCc1cccc(Cl)c1. The Hall–Kier alpha value is -2.12. The maximum Gasteiger partial charge on any atom is 0.233 e. The number of sulfonamides is 1. The van der Waals surface area contributed by atoms with Gasteiger partial charge in [0.2, 0.25) is 15.9 Å². The van der Waals surface area contributed by atoms with E-state index in [1.54, 1.807) is 6.07 Å². The molecule has 2 N–H and O–H groups in total. The van der Waals surface area contributed by atoms with Crippen LogP contribution in [0, 0.1) is 11.7 Å². The van der Waals surface area contributed by atoms with Crippen LogP contribution >= 0.6 is 11.6 Å². The Morgan fingerprint density at radius 1 is 1.19 bits per heavy atom. The van der Waals surface area contributed by atoms with Gasteiger partial charge in [-0.2, -0.15) is 0 Å². The summed E-state index contributed by atoms with van der Waals surface area (Å²) in [6, 6.07) is 12.4. The molecule has 5 nitrogen and oxygen atoms in total. The molecule has 1 unspecified atom stereocenters. The van der Waals surface area contributed by atoms with E-state index in [1.165, 1.54) is 25.1 Å². The third-order valence-corrected chi connectivity index (χ3v) is 5.34. The van der Waals surface area contributed by atoms with Crippen LogP contribution in [-0.4, -0.2) is 26.6 Å². The van der Waals surface area contributed by atoms with Crippen LogP contribution in [0.15, 0.2) is 48.5 Å². The summed E-state index contributed by atoms with van der Waals surface area (Å²) in [5.41, 5.74) is 1.10. The van der Waals surface area contributed by atoms with E-state index in [1.807, 2.05) is 18.2 Å². The van der Waals surface area contributed by atoms with Gasteiger partial charge in [-0.15, -0.1) is 0 Å². The molecule has 0 saturated carbocycles. The number of anilines is 1. The van der Waals surface area contributed by atoms with Crippen molar-refractivity contribution in [2.75, 3.05) is 17.0 Å². The van der Waals surface area contributed by atoms with Gasteiger partial charge in [-0.25, -0.2) is 12.8 Å². The summed E-state index contributed by atoms with van der Waals surface area (Å²) in [7, 11) is -3.77. The van der Waals surface area contributed by atoms with Crippen molar-refractivity contribution in [3.63, 3.8) is 0 Å². The third-order valence-electron chi connectivity index (χ3n) is 3.62. The number of benzene rings is 2. The number of hydrogen-bond acceptors (Lipinski definition) is 3. The number of rotatable bonds is 8. The number of hydrogen-bond donors (Lipinski definition) is 2. The van der Waals surface area contributed by atoms with E-state index in [0.717, 1.165) is 11.6 Å². The first-order valence-electron chi connectivity index (χ1n) is 8.03. The number of carbonyl (C=O) groups is 1. The highest BCUT2D eigenvalue weighted by Gasteiger charge is 2.21. The average molecular weight is 399 g/mol. The van der Waals surface area contributed by atoms with Gasteiger partial charge >= 0.3 is 0 Å². The zero-order valence-electron chi connectivity index (χ0n) is 14.2. The second-order valence-corrected chi connectivity index (χ2v) is 8.17. The maximum absolute atomic E-state index is 13.1. The predicted octanol–water partition coefficient (Wildman–Crippen LogP) is 3.22. The van der Waals surface area contributed by atoms with Crippen molar-refractivity contribution in [1.29, 1.82) is 0 Å². The molecule has 0 spiro atoms. The van der Waals surface area contributed by atoms with Gasteiger partial charge in [0, 0.05) is 11.6 Å². The minimum atomic E-state index is -3.77. The summed E-state index contributed by atoms with van der Waals surface area (Å²) in [6.45, 7) is 1.90. The van der Waals surface area contributed by atoms with E-state index in [-0.39, 0.29) is 11.6 Å². The number of carbonyl (C=O) groups excluding carboxylic acids is 1. The lowest BCUT2D eigenvalue weighted by molar-refractivity contribution is -0.123. The van der Waals surface area contributed by atoms with Crippen LogP contribution in [0.4, 0.5) is 10.1 Å². The second kappa shape index (κ2) is 9.00. The lowest BCUT2D eigenvalue weighted by Crippen LogP contribution is -2.35. The maximum atomic E-state index is 13.1. The van der Waals surface area contributed by atoms with Crippen LogP contribution in [-0.2, 0) is 21.2 Å². The van der Waals surface area contributed by atoms with Crippen LogP contribution in [0.25, 0.3) is 0 Å². The Morgan fingerprint density at radius 3 is 2.62 bits per heavy atom. The minimum absolute atomic E-state index is 0.124. The Morgan fingerprint density at radius 2 is 1.92 bits per heavy atom. The van der Waals surface area contributed by atoms with E-state index in [0.29, 0.717) is 18.0 Å². The van der Waals surface area contributed by atoms with Crippen LogP contribution in [0.2, 0.25) is 5.02 Å². The molecule has 0 aliphatic rings. The summed E-state index contributed by atoms with van der Waals surface area (Å²) < 4.78 is 39.7. The van der Waals surface area contributed by atoms with Gasteiger partial charge in [-0.1, -0.05) is 36.7 Å². The zero-order chi connectivity index (χ0) is 19.2. The Bertz CT molecular complexity index is 874. The summed E-state index contributed by atoms with van der Waals surface area (Å²) >= 11 is 5.90. The molecule has 1 atom stereocenters. The molecule has 140 valence electrons. The average Bonchev–Trinajstić information content (AvgIpc) is 2.53. The van der Waals surface area contributed by atoms with E-state index < -0.39 is 27.5 Å². The lowest BCUT2D eigenvalue weighted by Gasteiger charge is -2.14. The lowest BCUT2D eigenvalue weighted by atomic mass is 10.1. The van der Waals surface area contributed by atoms with Crippen LogP contribution in [0.1, 0.15) is 12.5 Å². The third kappa shape index (κ3) is 6.65. The predicted molar refractivity (Wildman–Crippen MR) is 101 cm³/mol. The molecule has 0 aliphatic carbocycles. The van der Waals surface area contributed by atoms with E-state index in [9.17, 15) is 17.6 Å². The molecule has 2 aromatic carbocycles.